The smallest absolute Gasteiger partial charge is 0.262 e. The van der Waals surface area contributed by atoms with E-state index in [-0.39, 0.29) is 41.2 Å². The summed E-state index contributed by atoms with van der Waals surface area (Å²) in [6.45, 7) is 4.83. The highest BCUT2D eigenvalue weighted by molar-refractivity contribution is 6.23. The van der Waals surface area contributed by atoms with Crippen LogP contribution in [0.2, 0.25) is 0 Å². The molecular formula is C47H47N5O6. The molecule has 1 spiro atoms. The first kappa shape index (κ1) is 36.5. The Morgan fingerprint density at radius 1 is 0.741 bits per heavy atom. The van der Waals surface area contributed by atoms with Crippen molar-refractivity contribution in [2.45, 2.75) is 75.9 Å². The monoisotopic (exact) mass is 777 g/mol. The van der Waals surface area contributed by atoms with Crippen molar-refractivity contribution in [1.82, 2.24) is 20.0 Å². The highest BCUT2D eigenvalue weighted by Crippen LogP contribution is 2.48. The molecule has 2 N–H and O–H groups in total. The first-order valence-electron chi connectivity index (χ1n) is 20.7. The molecule has 296 valence electrons. The van der Waals surface area contributed by atoms with E-state index in [0.29, 0.717) is 31.3 Å². The van der Waals surface area contributed by atoms with Crippen molar-refractivity contribution in [3.8, 4) is 5.75 Å². The molecule has 0 aromatic heterocycles. The molecule has 4 aromatic carbocycles. The number of aryl methyl sites for hydroxylation is 1. The van der Waals surface area contributed by atoms with Gasteiger partial charge in [0.2, 0.25) is 17.7 Å². The Bertz CT molecular complexity index is 2310. The van der Waals surface area contributed by atoms with Crippen LogP contribution < -0.4 is 10.2 Å². The molecular weight excluding hydrogens is 731 g/mol. The fraction of sp³-hybridized carbons (Fsp3) is 0.383. The van der Waals surface area contributed by atoms with Crippen LogP contribution >= 0.6 is 0 Å². The van der Waals surface area contributed by atoms with Gasteiger partial charge in [-0.25, -0.2) is 0 Å². The van der Waals surface area contributed by atoms with Crippen molar-refractivity contribution in [3.63, 3.8) is 0 Å². The van der Waals surface area contributed by atoms with Gasteiger partial charge < -0.3 is 14.9 Å². The average molecular weight is 778 g/mol. The van der Waals surface area contributed by atoms with Gasteiger partial charge in [0.15, 0.2) is 0 Å². The summed E-state index contributed by atoms with van der Waals surface area (Å²) in [6, 6.07) is 28.3. The topological polar surface area (TPSA) is 131 Å². The molecule has 5 aliphatic heterocycles. The van der Waals surface area contributed by atoms with Crippen LogP contribution in [-0.4, -0.2) is 88.1 Å². The van der Waals surface area contributed by atoms with Crippen LogP contribution in [0.25, 0.3) is 0 Å². The van der Waals surface area contributed by atoms with E-state index >= 15 is 0 Å². The number of aromatic hydroxyl groups is 1. The lowest BCUT2D eigenvalue weighted by molar-refractivity contribution is -0.136. The molecule has 4 aromatic rings. The lowest BCUT2D eigenvalue weighted by atomic mass is 9.69. The first-order valence-corrected chi connectivity index (χ1v) is 20.7. The van der Waals surface area contributed by atoms with Gasteiger partial charge in [-0.05, 0) is 126 Å². The lowest BCUT2D eigenvalue weighted by Crippen LogP contribution is -2.54. The Hall–Kier alpha value is -5.81. The number of phenolic OH excluding ortho intramolecular Hbond substituents is 1. The maximum atomic E-state index is 13.7. The number of anilines is 1. The highest BCUT2D eigenvalue weighted by atomic mass is 16.3. The molecule has 11 nitrogen and oxygen atoms in total. The molecule has 10 rings (SSSR count). The molecule has 0 saturated carbocycles. The predicted octanol–water partition coefficient (Wildman–Crippen LogP) is 5.49. The minimum Gasteiger partial charge on any atom is -0.508 e. The molecule has 58 heavy (non-hydrogen) atoms. The second-order valence-electron chi connectivity index (χ2n) is 17.3. The zero-order valence-electron chi connectivity index (χ0n) is 32.5. The second kappa shape index (κ2) is 14.2. The fourth-order valence-corrected chi connectivity index (χ4v) is 10.8. The number of carbonyl (C=O) groups excluding carboxylic acids is 5. The minimum atomic E-state index is -1.00. The van der Waals surface area contributed by atoms with Crippen LogP contribution in [0, 0.1) is 5.41 Å². The number of carbonyl (C=O) groups is 5. The largest absolute Gasteiger partial charge is 0.508 e. The van der Waals surface area contributed by atoms with Crippen LogP contribution in [0.1, 0.15) is 104 Å². The summed E-state index contributed by atoms with van der Waals surface area (Å²) in [7, 11) is 0. The Balaban J connectivity index is 0.752. The Kier molecular flexibility index (Phi) is 8.96. The molecule has 11 heteroatoms. The lowest BCUT2D eigenvalue weighted by Gasteiger charge is -2.41. The van der Waals surface area contributed by atoms with E-state index < -0.39 is 29.7 Å². The Morgan fingerprint density at radius 2 is 1.43 bits per heavy atom. The molecule has 6 aliphatic rings. The summed E-state index contributed by atoms with van der Waals surface area (Å²) >= 11 is 0. The number of piperidine rings is 2. The Labute approximate surface area is 337 Å². The van der Waals surface area contributed by atoms with Gasteiger partial charge in [-0.15, -0.1) is 0 Å². The third kappa shape index (κ3) is 6.36. The van der Waals surface area contributed by atoms with Gasteiger partial charge in [0, 0.05) is 50.7 Å². The molecule has 5 heterocycles. The maximum absolute atomic E-state index is 13.7. The number of imide groups is 2. The van der Waals surface area contributed by atoms with Crippen molar-refractivity contribution in [2.75, 3.05) is 37.6 Å². The predicted molar refractivity (Wildman–Crippen MR) is 216 cm³/mol. The number of benzene rings is 4. The SMILES string of the molecule is O=C1CC[C@@H](N2C(=O)c3cc4c(cc3C2=O)CN(C(=O)CN2CCC3(CCN(c5ccc([C@@H]6c7ccc(O)cc7CC[C@@H]6c6ccccc6)cc5)CC3)C2)C4)C(=O)N1. The fourth-order valence-electron chi connectivity index (χ4n) is 10.8. The van der Waals surface area contributed by atoms with E-state index in [1.807, 2.05) is 17.0 Å². The minimum absolute atomic E-state index is 0.0423. The molecule has 3 saturated heterocycles. The number of rotatable bonds is 6. The molecule has 5 amide bonds. The van der Waals surface area contributed by atoms with E-state index in [2.05, 4.69) is 75.8 Å². The molecule has 0 unspecified atom stereocenters. The number of hydrogen-bond acceptors (Lipinski definition) is 8. The maximum Gasteiger partial charge on any atom is 0.262 e. The highest BCUT2D eigenvalue weighted by Gasteiger charge is 2.46. The zero-order chi connectivity index (χ0) is 39.7. The van der Waals surface area contributed by atoms with E-state index in [1.165, 1.54) is 27.9 Å². The van der Waals surface area contributed by atoms with Gasteiger partial charge in [-0.2, -0.15) is 0 Å². The van der Waals surface area contributed by atoms with Crippen LogP contribution in [0.3, 0.4) is 0 Å². The molecule has 3 atom stereocenters. The van der Waals surface area contributed by atoms with Gasteiger partial charge in [0.25, 0.3) is 11.8 Å². The van der Waals surface area contributed by atoms with Gasteiger partial charge in [0.1, 0.15) is 11.8 Å². The normalized spacial score (nSPS) is 23.9. The van der Waals surface area contributed by atoms with Crippen LogP contribution in [-0.2, 0) is 33.9 Å². The van der Waals surface area contributed by atoms with E-state index in [4.69, 9.17) is 0 Å². The molecule has 1 aliphatic carbocycles. The molecule has 0 radical (unpaired) electrons. The van der Waals surface area contributed by atoms with Crippen molar-refractivity contribution in [3.05, 3.63) is 129 Å². The Morgan fingerprint density at radius 3 is 2.12 bits per heavy atom. The number of fused-ring (bicyclic) bond motifs is 3. The number of phenols is 1. The summed E-state index contributed by atoms with van der Waals surface area (Å²) in [5.41, 5.74) is 8.83. The van der Waals surface area contributed by atoms with Crippen molar-refractivity contribution in [1.29, 1.82) is 0 Å². The summed E-state index contributed by atoms with van der Waals surface area (Å²) in [5.74, 6) is -1.13. The summed E-state index contributed by atoms with van der Waals surface area (Å²) < 4.78 is 0. The number of nitrogens with zero attached hydrogens (tertiary/aromatic N) is 4. The van der Waals surface area contributed by atoms with E-state index in [9.17, 15) is 29.1 Å². The number of likely N-dealkylation sites (tertiary alicyclic amines) is 1. The number of nitrogens with one attached hydrogen (secondary N) is 1. The van der Waals surface area contributed by atoms with Crippen LogP contribution in [0.5, 0.6) is 5.75 Å². The quantitative estimate of drug-likeness (QED) is 0.246. The number of hydrogen-bond donors (Lipinski definition) is 2. The zero-order valence-corrected chi connectivity index (χ0v) is 32.5. The van der Waals surface area contributed by atoms with Crippen molar-refractivity contribution < 1.29 is 29.1 Å². The summed E-state index contributed by atoms with van der Waals surface area (Å²) in [4.78, 5) is 72.1. The second-order valence-corrected chi connectivity index (χ2v) is 17.3. The molecule has 3 fully saturated rings. The third-order valence-corrected chi connectivity index (χ3v) is 14.0. The summed E-state index contributed by atoms with van der Waals surface area (Å²) in [6.07, 6.45) is 5.41. The molecule has 0 bridgehead atoms. The van der Waals surface area contributed by atoms with Gasteiger partial charge in [-0.1, -0.05) is 48.5 Å². The van der Waals surface area contributed by atoms with Crippen LogP contribution in [0.4, 0.5) is 5.69 Å². The van der Waals surface area contributed by atoms with Gasteiger partial charge >= 0.3 is 0 Å². The third-order valence-electron chi connectivity index (χ3n) is 14.0. The van der Waals surface area contributed by atoms with E-state index in [1.54, 1.807) is 12.1 Å². The average Bonchev–Trinajstić information content (AvgIpc) is 3.91. The van der Waals surface area contributed by atoms with Gasteiger partial charge in [0.05, 0.1) is 17.7 Å². The first-order chi connectivity index (χ1) is 28.1. The summed E-state index contributed by atoms with van der Waals surface area (Å²) in [5, 5.41) is 12.5. The van der Waals surface area contributed by atoms with Gasteiger partial charge in [-0.3, -0.25) is 39.1 Å². The van der Waals surface area contributed by atoms with Crippen molar-refractivity contribution in [2.24, 2.45) is 5.41 Å². The standard InChI is InChI=1S/C47H47N5O6/c53-35-11-13-37-31(22-35)8-12-36(29-4-2-1-3-5-29)43(37)30-6-9-34(10-7-30)50-20-17-47(18-21-50)16-19-49(28-47)27-42(55)51-25-32-23-38-39(24-33(32)26-51)46(58)52(45(38)57)40-14-15-41(54)48-44(40)56/h1-7,9-11,13,22-24,36,40,43,53H,8,12,14-21,25-28H2,(H,48,54,56)/t36-,40-,43+/m1/s1. The van der Waals surface area contributed by atoms with Crippen LogP contribution in [0.15, 0.2) is 84.9 Å². The van der Waals surface area contributed by atoms with Crippen molar-refractivity contribution >= 4 is 35.2 Å². The number of amides is 5. The van der Waals surface area contributed by atoms with E-state index in [0.717, 1.165) is 74.3 Å².